The molecular weight excluding hydrogens is 378 g/mol. The molecular formula is C23H35N5O2. The van der Waals surface area contributed by atoms with Crippen LogP contribution in [-0.2, 0) is 23.2 Å². The number of likely N-dealkylation sites (tertiary alicyclic amines) is 1. The van der Waals surface area contributed by atoms with Crippen LogP contribution in [0.2, 0.25) is 0 Å². The van der Waals surface area contributed by atoms with Crippen molar-refractivity contribution in [3.8, 4) is 0 Å². The van der Waals surface area contributed by atoms with E-state index in [1.165, 1.54) is 19.3 Å². The van der Waals surface area contributed by atoms with Gasteiger partial charge in [0.1, 0.15) is 5.82 Å². The molecule has 4 atom stereocenters. The van der Waals surface area contributed by atoms with Gasteiger partial charge in [-0.15, -0.1) is 0 Å². The van der Waals surface area contributed by atoms with E-state index in [0.29, 0.717) is 36.8 Å². The fourth-order valence-corrected chi connectivity index (χ4v) is 6.55. The van der Waals surface area contributed by atoms with Crippen molar-refractivity contribution in [3.63, 3.8) is 0 Å². The molecule has 5 rings (SSSR count). The van der Waals surface area contributed by atoms with E-state index in [1.807, 2.05) is 12.4 Å². The first-order valence-electron chi connectivity index (χ1n) is 11.9. The predicted molar refractivity (Wildman–Crippen MR) is 113 cm³/mol. The Kier molecular flexibility index (Phi) is 5.56. The SMILES string of the molecule is Cn1ccnc1CN1C[C@@H]2C[C@@H](C1)[C@H](CNC(=O)C1CCCC1)N1C(=O)CCC[C@@H]21. The Labute approximate surface area is 179 Å². The molecule has 7 heteroatoms. The second-order valence-electron chi connectivity index (χ2n) is 9.96. The molecule has 1 aliphatic carbocycles. The number of nitrogens with zero attached hydrogens (tertiary/aromatic N) is 4. The number of carbonyl (C=O) groups is 2. The zero-order chi connectivity index (χ0) is 20.7. The van der Waals surface area contributed by atoms with E-state index >= 15 is 0 Å². The molecule has 164 valence electrons. The van der Waals surface area contributed by atoms with Crippen LogP contribution in [0.5, 0.6) is 0 Å². The second-order valence-corrected chi connectivity index (χ2v) is 9.96. The number of carbonyl (C=O) groups excluding carboxylic acids is 2. The molecule has 2 amide bonds. The third-order valence-corrected chi connectivity index (χ3v) is 8.07. The van der Waals surface area contributed by atoms with Crippen molar-refractivity contribution in [2.45, 2.75) is 70.0 Å². The lowest BCUT2D eigenvalue weighted by Crippen LogP contribution is -2.67. The molecule has 4 fully saturated rings. The lowest BCUT2D eigenvalue weighted by atomic mass is 9.72. The topological polar surface area (TPSA) is 70.5 Å². The Morgan fingerprint density at radius 3 is 2.73 bits per heavy atom. The number of fused-ring (bicyclic) bond motifs is 4. The number of rotatable bonds is 5. The minimum atomic E-state index is 0.133. The highest BCUT2D eigenvalue weighted by molar-refractivity contribution is 5.80. The van der Waals surface area contributed by atoms with Crippen molar-refractivity contribution in [3.05, 3.63) is 18.2 Å². The van der Waals surface area contributed by atoms with Crippen LogP contribution in [0.4, 0.5) is 0 Å². The van der Waals surface area contributed by atoms with Crippen LogP contribution >= 0.6 is 0 Å². The van der Waals surface area contributed by atoms with E-state index in [9.17, 15) is 9.59 Å². The summed E-state index contributed by atoms with van der Waals surface area (Å²) in [6, 6.07) is 0.466. The second kappa shape index (κ2) is 8.33. The number of aryl methyl sites for hydroxylation is 1. The van der Waals surface area contributed by atoms with Crippen LogP contribution in [0.25, 0.3) is 0 Å². The lowest BCUT2D eigenvalue weighted by Gasteiger charge is -2.56. The smallest absolute Gasteiger partial charge is 0.223 e. The van der Waals surface area contributed by atoms with Crippen molar-refractivity contribution in [1.29, 1.82) is 0 Å². The fourth-order valence-electron chi connectivity index (χ4n) is 6.55. The zero-order valence-electron chi connectivity index (χ0n) is 18.1. The quantitative estimate of drug-likeness (QED) is 0.801. The average Bonchev–Trinajstić information content (AvgIpc) is 3.41. The highest BCUT2D eigenvalue weighted by Crippen LogP contribution is 2.41. The molecule has 0 spiro atoms. The fraction of sp³-hybridized carbons (Fsp3) is 0.783. The third-order valence-electron chi connectivity index (χ3n) is 8.07. The normalized spacial score (nSPS) is 32.3. The van der Waals surface area contributed by atoms with Gasteiger partial charge in [0.05, 0.1) is 12.6 Å². The number of imidazole rings is 1. The van der Waals surface area contributed by atoms with Crippen molar-refractivity contribution >= 4 is 11.8 Å². The molecule has 1 aromatic rings. The van der Waals surface area contributed by atoms with Crippen LogP contribution in [-0.4, -0.2) is 62.9 Å². The van der Waals surface area contributed by atoms with Gasteiger partial charge in [-0.25, -0.2) is 4.98 Å². The van der Waals surface area contributed by atoms with E-state index in [-0.39, 0.29) is 17.9 Å². The summed E-state index contributed by atoms with van der Waals surface area (Å²) in [6.45, 7) is 3.49. The summed E-state index contributed by atoms with van der Waals surface area (Å²) in [4.78, 5) is 34.9. The highest BCUT2D eigenvalue weighted by atomic mass is 16.2. The number of amides is 2. The van der Waals surface area contributed by atoms with Gasteiger partial charge in [-0.3, -0.25) is 14.5 Å². The molecule has 3 aliphatic heterocycles. The van der Waals surface area contributed by atoms with Gasteiger partial charge in [0, 0.05) is 57.5 Å². The summed E-state index contributed by atoms with van der Waals surface area (Å²) < 4.78 is 2.10. The Morgan fingerprint density at radius 2 is 1.97 bits per heavy atom. The van der Waals surface area contributed by atoms with E-state index in [2.05, 4.69) is 31.7 Å². The minimum Gasteiger partial charge on any atom is -0.354 e. The van der Waals surface area contributed by atoms with E-state index in [4.69, 9.17) is 0 Å². The van der Waals surface area contributed by atoms with E-state index < -0.39 is 0 Å². The summed E-state index contributed by atoms with van der Waals surface area (Å²) >= 11 is 0. The monoisotopic (exact) mass is 413 g/mol. The maximum absolute atomic E-state index is 12.9. The number of hydrogen-bond donors (Lipinski definition) is 1. The van der Waals surface area contributed by atoms with Gasteiger partial charge in [0.15, 0.2) is 0 Å². The predicted octanol–water partition coefficient (Wildman–Crippen LogP) is 1.93. The van der Waals surface area contributed by atoms with Crippen molar-refractivity contribution in [2.24, 2.45) is 24.8 Å². The molecule has 3 saturated heterocycles. The Bertz CT molecular complexity index is 786. The first kappa shape index (κ1) is 20.0. The van der Waals surface area contributed by atoms with Crippen LogP contribution in [0.3, 0.4) is 0 Å². The summed E-state index contributed by atoms with van der Waals surface area (Å²) in [7, 11) is 2.05. The Hall–Kier alpha value is -1.89. The van der Waals surface area contributed by atoms with Crippen molar-refractivity contribution < 1.29 is 9.59 Å². The first-order valence-corrected chi connectivity index (χ1v) is 11.9. The largest absolute Gasteiger partial charge is 0.354 e. The molecule has 1 aromatic heterocycles. The standard InChI is InChI=1S/C23H35N5O2/c1-26-10-9-24-21(26)15-27-13-17-11-18(14-27)20(28-19(17)7-4-8-22(28)29)12-25-23(30)16-5-2-3-6-16/h9-10,16-20H,2-8,11-15H2,1H3,(H,25,30)/t17-,18-,19-,20-/m0/s1. The van der Waals surface area contributed by atoms with Crippen LogP contribution in [0, 0.1) is 17.8 Å². The zero-order valence-corrected chi connectivity index (χ0v) is 18.1. The number of aromatic nitrogens is 2. The molecule has 30 heavy (non-hydrogen) atoms. The maximum Gasteiger partial charge on any atom is 0.223 e. The number of nitrogens with one attached hydrogen (secondary N) is 1. The summed E-state index contributed by atoms with van der Waals surface area (Å²) in [5.41, 5.74) is 0. The molecule has 2 bridgehead atoms. The number of piperidine rings is 3. The minimum absolute atomic E-state index is 0.133. The molecule has 7 nitrogen and oxygen atoms in total. The Morgan fingerprint density at radius 1 is 1.17 bits per heavy atom. The van der Waals surface area contributed by atoms with Crippen LogP contribution in [0.15, 0.2) is 12.4 Å². The van der Waals surface area contributed by atoms with Gasteiger partial charge in [0.2, 0.25) is 11.8 Å². The third kappa shape index (κ3) is 3.77. The lowest BCUT2D eigenvalue weighted by molar-refractivity contribution is -0.153. The first-order chi connectivity index (χ1) is 14.6. The van der Waals surface area contributed by atoms with Crippen LogP contribution in [0.1, 0.15) is 57.2 Å². The van der Waals surface area contributed by atoms with Crippen molar-refractivity contribution in [2.75, 3.05) is 19.6 Å². The summed E-state index contributed by atoms with van der Waals surface area (Å²) in [5, 5.41) is 3.25. The average molecular weight is 414 g/mol. The molecule has 0 radical (unpaired) electrons. The molecule has 1 N–H and O–H groups in total. The summed E-state index contributed by atoms with van der Waals surface area (Å²) in [6.07, 6.45) is 12.2. The molecule has 4 heterocycles. The van der Waals surface area contributed by atoms with Gasteiger partial charge >= 0.3 is 0 Å². The molecule has 1 saturated carbocycles. The van der Waals surface area contributed by atoms with Gasteiger partial charge in [-0.2, -0.15) is 0 Å². The van der Waals surface area contributed by atoms with E-state index in [0.717, 1.165) is 51.1 Å². The maximum atomic E-state index is 12.9. The van der Waals surface area contributed by atoms with Gasteiger partial charge in [0.25, 0.3) is 0 Å². The van der Waals surface area contributed by atoms with E-state index in [1.54, 1.807) is 0 Å². The highest BCUT2D eigenvalue weighted by Gasteiger charge is 2.49. The molecule has 0 unspecified atom stereocenters. The Balaban J connectivity index is 1.32. The van der Waals surface area contributed by atoms with Crippen LogP contribution < -0.4 is 5.32 Å². The van der Waals surface area contributed by atoms with Gasteiger partial charge < -0.3 is 14.8 Å². The molecule has 0 aromatic carbocycles. The van der Waals surface area contributed by atoms with Gasteiger partial charge in [-0.1, -0.05) is 12.8 Å². The number of hydrogen-bond acceptors (Lipinski definition) is 4. The van der Waals surface area contributed by atoms with Gasteiger partial charge in [-0.05, 0) is 43.9 Å². The molecule has 4 aliphatic rings. The van der Waals surface area contributed by atoms with Crippen molar-refractivity contribution in [1.82, 2.24) is 24.7 Å². The summed E-state index contributed by atoms with van der Waals surface area (Å²) in [5.74, 6) is 2.74.